The normalized spacial score (nSPS) is 18.9. The molecule has 0 spiro atoms. The van der Waals surface area contributed by atoms with Crippen molar-refractivity contribution in [3.63, 3.8) is 0 Å². The van der Waals surface area contributed by atoms with E-state index in [-0.39, 0.29) is 23.8 Å². The van der Waals surface area contributed by atoms with Crippen molar-refractivity contribution < 1.29 is 22.7 Å². The zero-order valence-electron chi connectivity index (χ0n) is 14.7. The predicted molar refractivity (Wildman–Crippen MR) is 88.7 cm³/mol. The molecule has 8 heteroatoms. The molecule has 1 aliphatic rings. The van der Waals surface area contributed by atoms with Crippen molar-refractivity contribution in [3.8, 4) is 5.75 Å². The van der Waals surface area contributed by atoms with Gasteiger partial charge in [-0.05, 0) is 18.9 Å². The number of hydrogen-bond acceptors (Lipinski definition) is 3. The van der Waals surface area contributed by atoms with Gasteiger partial charge in [0.2, 0.25) is 0 Å². The number of benzene rings is 1. The number of nitrogens with one attached hydrogen (secondary N) is 1. The van der Waals surface area contributed by atoms with E-state index in [9.17, 15) is 18.0 Å². The molecule has 0 saturated carbocycles. The molecule has 0 saturated heterocycles. The number of amides is 1. The van der Waals surface area contributed by atoms with Crippen LogP contribution >= 0.6 is 0 Å². The van der Waals surface area contributed by atoms with Gasteiger partial charge < -0.3 is 10.1 Å². The smallest absolute Gasteiger partial charge is 0.280 e. The molecule has 0 bridgehead atoms. The van der Waals surface area contributed by atoms with E-state index in [4.69, 9.17) is 4.74 Å². The van der Waals surface area contributed by atoms with Gasteiger partial charge in [-0.3, -0.25) is 9.48 Å². The van der Waals surface area contributed by atoms with Gasteiger partial charge in [-0.15, -0.1) is 0 Å². The van der Waals surface area contributed by atoms with Gasteiger partial charge in [0, 0.05) is 12.1 Å². The van der Waals surface area contributed by atoms with Crippen LogP contribution in [0.4, 0.5) is 13.2 Å². The lowest BCUT2D eigenvalue weighted by molar-refractivity contribution is 0.0890. The summed E-state index contributed by atoms with van der Waals surface area (Å²) < 4.78 is 47.5. The number of rotatable bonds is 5. The zero-order chi connectivity index (χ0) is 19.0. The first-order valence-corrected chi connectivity index (χ1v) is 8.39. The van der Waals surface area contributed by atoms with Gasteiger partial charge in [0.25, 0.3) is 12.3 Å². The number of hydrogen-bond donors (Lipinski definition) is 1. The van der Waals surface area contributed by atoms with Crippen LogP contribution in [0, 0.1) is 11.7 Å². The Morgan fingerprint density at radius 2 is 2.12 bits per heavy atom. The van der Waals surface area contributed by atoms with Gasteiger partial charge >= 0.3 is 0 Å². The molecule has 1 N–H and O–H groups in total. The Bertz CT molecular complexity index is 820. The Kier molecular flexibility index (Phi) is 4.93. The van der Waals surface area contributed by atoms with Gasteiger partial charge in [0.05, 0.1) is 17.8 Å². The van der Waals surface area contributed by atoms with E-state index in [1.807, 2.05) is 13.8 Å². The van der Waals surface area contributed by atoms with E-state index in [0.29, 0.717) is 5.56 Å². The van der Waals surface area contributed by atoms with Gasteiger partial charge in [-0.1, -0.05) is 26.0 Å². The molecule has 2 atom stereocenters. The van der Waals surface area contributed by atoms with E-state index < -0.39 is 36.0 Å². The van der Waals surface area contributed by atoms with Crippen LogP contribution in [0.1, 0.15) is 54.9 Å². The van der Waals surface area contributed by atoms with Crippen molar-refractivity contribution in [2.24, 2.45) is 5.92 Å². The maximum atomic E-state index is 13.8. The monoisotopic (exact) mass is 367 g/mol. The van der Waals surface area contributed by atoms with Gasteiger partial charge in [0.1, 0.15) is 11.8 Å². The average Bonchev–Trinajstić information content (AvgIpc) is 3.10. The van der Waals surface area contributed by atoms with Crippen LogP contribution in [0.2, 0.25) is 0 Å². The molecule has 1 amide bonds. The number of para-hydroxylation sites is 1. The third-order valence-electron chi connectivity index (χ3n) is 4.26. The summed E-state index contributed by atoms with van der Waals surface area (Å²) in [5.41, 5.74) is -0.112. The van der Waals surface area contributed by atoms with Gasteiger partial charge in [-0.25, -0.2) is 13.2 Å². The second-order valence-electron chi connectivity index (χ2n) is 6.75. The van der Waals surface area contributed by atoms with E-state index >= 15 is 0 Å². The Balaban J connectivity index is 1.88. The largest absolute Gasteiger partial charge is 0.485 e. The Morgan fingerprint density at radius 1 is 1.38 bits per heavy atom. The number of carbonyl (C=O) groups is 1. The highest BCUT2D eigenvalue weighted by Crippen LogP contribution is 2.38. The Labute approximate surface area is 149 Å². The highest BCUT2D eigenvalue weighted by atomic mass is 19.3. The average molecular weight is 367 g/mol. The molecule has 1 aliphatic heterocycles. The molecule has 0 unspecified atom stereocenters. The first-order chi connectivity index (χ1) is 12.3. The summed E-state index contributed by atoms with van der Waals surface area (Å²) in [6.07, 6.45) is -2.21. The fourth-order valence-corrected chi connectivity index (χ4v) is 3.11. The third-order valence-corrected chi connectivity index (χ3v) is 4.26. The zero-order valence-corrected chi connectivity index (χ0v) is 14.7. The number of halogens is 3. The first kappa shape index (κ1) is 18.3. The number of aromatic nitrogens is 2. The number of ether oxygens (including phenoxy) is 1. The fourth-order valence-electron chi connectivity index (χ4n) is 3.11. The molecule has 140 valence electrons. The molecule has 2 heterocycles. The van der Waals surface area contributed by atoms with Crippen LogP contribution in [-0.4, -0.2) is 21.8 Å². The van der Waals surface area contributed by atoms with Crippen LogP contribution in [0.25, 0.3) is 0 Å². The summed E-state index contributed by atoms with van der Waals surface area (Å²) in [5, 5.41) is 6.61. The second-order valence-corrected chi connectivity index (χ2v) is 6.75. The van der Waals surface area contributed by atoms with Crippen molar-refractivity contribution in [2.45, 2.75) is 45.9 Å². The quantitative estimate of drug-likeness (QED) is 0.873. The minimum absolute atomic E-state index is 0.0786. The third kappa shape index (κ3) is 3.27. The first-order valence-electron chi connectivity index (χ1n) is 8.39. The predicted octanol–water partition coefficient (Wildman–Crippen LogP) is 3.87. The van der Waals surface area contributed by atoms with Crippen molar-refractivity contribution >= 4 is 5.91 Å². The molecular formula is C18H20F3N3O2. The summed E-state index contributed by atoms with van der Waals surface area (Å²) in [7, 11) is 0. The fraction of sp³-hybridized carbons (Fsp3) is 0.444. The van der Waals surface area contributed by atoms with E-state index in [0.717, 1.165) is 10.9 Å². The number of carbonyl (C=O) groups excluding carboxylic acids is 1. The molecule has 1 aromatic carbocycles. The summed E-state index contributed by atoms with van der Waals surface area (Å²) in [4.78, 5) is 12.6. The number of fused-ring (bicyclic) bond motifs is 1. The van der Waals surface area contributed by atoms with Crippen molar-refractivity contribution in [1.82, 2.24) is 15.1 Å². The summed E-state index contributed by atoms with van der Waals surface area (Å²) in [5.74, 6) is -1.03. The highest BCUT2D eigenvalue weighted by Gasteiger charge is 2.35. The van der Waals surface area contributed by atoms with Crippen LogP contribution in [-0.2, 0) is 6.54 Å². The molecule has 2 aromatic rings. The van der Waals surface area contributed by atoms with Crippen LogP contribution in [0.3, 0.4) is 0 Å². The van der Waals surface area contributed by atoms with Gasteiger partial charge in [-0.2, -0.15) is 5.10 Å². The lowest BCUT2D eigenvalue weighted by atomic mass is 10.0. The van der Waals surface area contributed by atoms with E-state index in [2.05, 4.69) is 10.4 Å². The minimum Gasteiger partial charge on any atom is -0.485 e. The molecule has 0 fully saturated rings. The molecule has 0 radical (unpaired) electrons. The SMILES string of the molecule is CC(C)Cn1ncc(C(=O)N[C@@H]2c3cccc(F)c3O[C@@H]2C)c1C(F)F. The topological polar surface area (TPSA) is 56.2 Å². The number of alkyl halides is 2. The lowest BCUT2D eigenvalue weighted by Crippen LogP contribution is -2.34. The molecule has 1 aromatic heterocycles. The minimum atomic E-state index is -2.83. The summed E-state index contributed by atoms with van der Waals surface area (Å²) >= 11 is 0. The molecule has 26 heavy (non-hydrogen) atoms. The standard InChI is InChI=1S/C18H20F3N3O2/c1-9(2)8-24-15(17(20)21)12(7-22-24)18(25)23-14-10(3)26-16-11(14)5-4-6-13(16)19/h4-7,9-10,14,17H,8H2,1-3H3,(H,23,25)/t10-,14+/m1/s1. The Hall–Kier alpha value is -2.51. The Morgan fingerprint density at radius 3 is 2.77 bits per heavy atom. The van der Waals surface area contributed by atoms with Crippen molar-refractivity contribution in [2.75, 3.05) is 0 Å². The van der Waals surface area contributed by atoms with E-state index in [1.165, 1.54) is 12.1 Å². The summed E-state index contributed by atoms with van der Waals surface area (Å²) in [6, 6.07) is 3.79. The van der Waals surface area contributed by atoms with Crippen LogP contribution in [0.15, 0.2) is 24.4 Å². The van der Waals surface area contributed by atoms with Crippen molar-refractivity contribution in [3.05, 3.63) is 47.0 Å². The molecule has 0 aliphatic carbocycles. The maximum Gasteiger partial charge on any atom is 0.280 e. The maximum absolute atomic E-state index is 13.8. The second kappa shape index (κ2) is 7.01. The van der Waals surface area contributed by atoms with Crippen molar-refractivity contribution in [1.29, 1.82) is 0 Å². The van der Waals surface area contributed by atoms with E-state index in [1.54, 1.807) is 13.0 Å². The highest BCUT2D eigenvalue weighted by molar-refractivity contribution is 5.95. The van der Waals surface area contributed by atoms with Gasteiger partial charge in [0.15, 0.2) is 11.6 Å². The molecule has 3 rings (SSSR count). The molecular weight excluding hydrogens is 347 g/mol. The number of nitrogens with zero attached hydrogens (tertiary/aromatic N) is 2. The van der Waals surface area contributed by atoms with Crippen LogP contribution in [0.5, 0.6) is 5.75 Å². The lowest BCUT2D eigenvalue weighted by Gasteiger charge is -2.17. The van der Waals surface area contributed by atoms with Crippen LogP contribution < -0.4 is 10.1 Å². The molecule has 5 nitrogen and oxygen atoms in total. The summed E-state index contributed by atoms with van der Waals surface area (Å²) in [6.45, 7) is 5.71.